The maximum absolute atomic E-state index is 13.4. The molecule has 0 radical (unpaired) electrons. The maximum atomic E-state index is 13.4. The normalized spacial score (nSPS) is 14.6. The minimum absolute atomic E-state index is 0.0331. The van der Waals surface area contributed by atoms with E-state index >= 15 is 0 Å². The average Bonchev–Trinajstić information content (AvgIpc) is 3.25. The third-order valence-corrected chi connectivity index (χ3v) is 7.37. The van der Waals surface area contributed by atoms with Crippen LogP contribution in [0.25, 0.3) is 11.1 Å². The second-order valence-electron chi connectivity index (χ2n) is 9.56. The first-order chi connectivity index (χ1) is 18.5. The lowest BCUT2D eigenvalue weighted by molar-refractivity contribution is -0.144. The smallest absolute Gasteiger partial charge is 0.322 e. The highest BCUT2D eigenvalue weighted by Gasteiger charge is 2.47. The van der Waals surface area contributed by atoms with Crippen molar-refractivity contribution in [1.29, 1.82) is 0 Å². The minimum Gasteiger partial charge on any atom is -0.468 e. The molecule has 1 aliphatic carbocycles. The van der Waals surface area contributed by atoms with E-state index in [4.69, 9.17) is 4.74 Å². The largest absolute Gasteiger partial charge is 0.468 e. The standard InChI is InChI=1S/C33H29NO4/c1-22(35)27(31(36)23-13-5-3-6-14-23)21-30(32(37)38-2)34-33(24-15-7-4-8-16-24)28-19-11-9-17-25(28)26-18-10-12-20-29(26)33/h3-20,27,30,34H,21H2,1-2H3/t27?,30-/m1/s1. The van der Waals surface area contributed by atoms with Crippen molar-refractivity contribution in [3.05, 3.63) is 131 Å². The molecule has 5 heteroatoms. The number of Topliss-reactive ketones (excluding diaryl/α,β-unsaturated/α-hetero) is 2. The molecule has 1 N–H and O–H groups in total. The van der Waals surface area contributed by atoms with Gasteiger partial charge in [0.05, 0.1) is 18.6 Å². The zero-order valence-corrected chi connectivity index (χ0v) is 21.4. The topological polar surface area (TPSA) is 72.5 Å². The number of nitrogens with one attached hydrogen (secondary N) is 1. The Morgan fingerprint density at radius 3 is 1.76 bits per heavy atom. The van der Waals surface area contributed by atoms with E-state index in [0.717, 1.165) is 27.8 Å². The molecule has 0 saturated heterocycles. The van der Waals surface area contributed by atoms with Gasteiger partial charge in [-0.25, -0.2) is 0 Å². The fraction of sp³-hybridized carbons (Fsp3) is 0.182. The molecule has 0 aliphatic heterocycles. The zero-order chi connectivity index (χ0) is 26.7. The third kappa shape index (κ3) is 4.35. The number of hydrogen-bond acceptors (Lipinski definition) is 5. The van der Waals surface area contributed by atoms with E-state index in [1.165, 1.54) is 14.0 Å². The monoisotopic (exact) mass is 503 g/mol. The molecular formula is C33H29NO4. The molecule has 0 bridgehead atoms. The lowest BCUT2D eigenvalue weighted by atomic mass is 9.79. The van der Waals surface area contributed by atoms with Crippen molar-refractivity contribution < 1.29 is 19.1 Å². The van der Waals surface area contributed by atoms with Crippen molar-refractivity contribution in [2.24, 2.45) is 5.92 Å². The van der Waals surface area contributed by atoms with Crippen molar-refractivity contribution in [3.63, 3.8) is 0 Å². The van der Waals surface area contributed by atoms with Gasteiger partial charge in [-0.1, -0.05) is 109 Å². The second-order valence-corrected chi connectivity index (χ2v) is 9.56. The van der Waals surface area contributed by atoms with Crippen LogP contribution in [0.2, 0.25) is 0 Å². The molecule has 0 fully saturated rings. The van der Waals surface area contributed by atoms with E-state index < -0.39 is 23.5 Å². The summed E-state index contributed by atoms with van der Waals surface area (Å²) in [6.07, 6.45) is -0.0331. The number of fused-ring (bicyclic) bond motifs is 3. The van der Waals surface area contributed by atoms with E-state index in [1.54, 1.807) is 24.3 Å². The van der Waals surface area contributed by atoms with E-state index in [2.05, 4.69) is 29.6 Å². The molecule has 1 unspecified atom stereocenters. The van der Waals surface area contributed by atoms with Gasteiger partial charge < -0.3 is 4.74 Å². The minimum atomic E-state index is -1.01. The zero-order valence-electron chi connectivity index (χ0n) is 21.4. The molecular weight excluding hydrogens is 474 g/mol. The third-order valence-electron chi connectivity index (χ3n) is 7.37. The van der Waals surface area contributed by atoms with Crippen LogP contribution in [-0.2, 0) is 19.9 Å². The van der Waals surface area contributed by atoms with Gasteiger partial charge in [0.2, 0.25) is 0 Å². The van der Waals surface area contributed by atoms with Crippen LogP contribution in [-0.4, -0.2) is 30.7 Å². The average molecular weight is 504 g/mol. The fourth-order valence-electron chi connectivity index (χ4n) is 5.59. The van der Waals surface area contributed by atoms with Crippen LogP contribution in [0, 0.1) is 5.92 Å². The summed E-state index contributed by atoms with van der Waals surface area (Å²) < 4.78 is 5.22. The number of methoxy groups -OCH3 is 1. The van der Waals surface area contributed by atoms with Crippen molar-refractivity contribution in [3.8, 4) is 11.1 Å². The van der Waals surface area contributed by atoms with E-state index in [-0.39, 0.29) is 18.0 Å². The Hall–Kier alpha value is -4.35. The first-order valence-corrected chi connectivity index (χ1v) is 12.7. The van der Waals surface area contributed by atoms with Gasteiger partial charge in [-0.2, -0.15) is 0 Å². The number of ketones is 2. The van der Waals surface area contributed by atoms with Crippen LogP contribution in [0.15, 0.2) is 109 Å². The number of hydrogen-bond donors (Lipinski definition) is 1. The summed E-state index contributed by atoms with van der Waals surface area (Å²) in [4.78, 5) is 39.5. The maximum Gasteiger partial charge on any atom is 0.322 e. The van der Waals surface area contributed by atoms with E-state index in [0.29, 0.717) is 5.56 Å². The molecule has 2 atom stereocenters. The second kappa shape index (κ2) is 10.6. The van der Waals surface area contributed by atoms with E-state index in [1.807, 2.05) is 60.7 Å². The molecule has 0 spiro atoms. The van der Waals surface area contributed by atoms with Crippen molar-refractivity contribution in [1.82, 2.24) is 5.32 Å². The molecule has 0 saturated carbocycles. The summed E-state index contributed by atoms with van der Waals surface area (Å²) in [7, 11) is 1.32. The van der Waals surface area contributed by atoms with Crippen LogP contribution in [0.1, 0.15) is 40.4 Å². The Morgan fingerprint density at radius 2 is 1.24 bits per heavy atom. The van der Waals surface area contributed by atoms with Crippen LogP contribution in [0.5, 0.6) is 0 Å². The molecule has 5 nitrogen and oxygen atoms in total. The first kappa shape index (κ1) is 25.3. The molecule has 4 aromatic carbocycles. The summed E-state index contributed by atoms with van der Waals surface area (Å²) in [5, 5.41) is 3.62. The van der Waals surface area contributed by atoms with Gasteiger partial charge in [0.15, 0.2) is 5.78 Å². The van der Waals surface area contributed by atoms with Crippen LogP contribution >= 0.6 is 0 Å². The number of benzene rings is 4. The summed E-state index contributed by atoms with van der Waals surface area (Å²) in [5.74, 6) is -2.15. The lowest BCUT2D eigenvalue weighted by Gasteiger charge is -2.37. The number of carbonyl (C=O) groups is 3. The summed E-state index contributed by atoms with van der Waals surface area (Å²) in [6, 6.07) is 33.9. The lowest BCUT2D eigenvalue weighted by Crippen LogP contribution is -2.53. The van der Waals surface area contributed by atoms with Crippen molar-refractivity contribution in [2.45, 2.75) is 24.9 Å². The van der Waals surface area contributed by atoms with Gasteiger partial charge in [0, 0.05) is 5.56 Å². The molecule has 4 aromatic rings. The van der Waals surface area contributed by atoms with Gasteiger partial charge in [-0.05, 0) is 41.2 Å². The van der Waals surface area contributed by atoms with Gasteiger partial charge in [-0.3, -0.25) is 19.7 Å². The van der Waals surface area contributed by atoms with Crippen LogP contribution in [0.3, 0.4) is 0 Å². The summed E-state index contributed by atoms with van der Waals surface area (Å²) >= 11 is 0. The SMILES string of the molecule is COC(=O)[C@@H](CC(C(C)=O)C(=O)c1ccccc1)NC1(c2ccccc2)c2ccccc2-c2ccccc21. The molecule has 38 heavy (non-hydrogen) atoms. The van der Waals surface area contributed by atoms with Crippen molar-refractivity contribution in [2.75, 3.05) is 7.11 Å². The van der Waals surface area contributed by atoms with Gasteiger partial charge >= 0.3 is 5.97 Å². The Labute approximate surface area is 222 Å². The Morgan fingerprint density at radius 1 is 0.737 bits per heavy atom. The molecule has 0 heterocycles. The fourth-order valence-corrected chi connectivity index (χ4v) is 5.59. The Kier molecular flexibility index (Phi) is 7.03. The highest BCUT2D eigenvalue weighted by molar-refractivity contribution is 6.10. The Balaban J connectivity index is 1.65. The van der Waals surface area contributed by atoms with Gasteiger partial charge in [0.25, 0.3) is 0 Å². The summed E-state index contributed by atoms with van der Waals surface area (Å²) in [6.45, 7) is 1.40. The van der Waals surface area contributed by atoms with Crippen molar-refractivity contribution >= 4 is 17.5 Å². The van der Waals surface area contributed by atoms with Gasteiger partial charge in [0.1, 0.15) is 11.8 Å². The number of ether oxygens (including phenoxy) is 1. The molecule has 0 amide bonds. The molecule has 0 aromatic heterocycles. The molecule has 190 valence electrons. The van der Waals surface area contributed by atoms with Crippen LogP contribution in [0.4, 0.5) is 0 Å². The number of esters is 1. The highest BCUT2D eigenvalue weighted by Crippen LogP contribution is 2.51. The summed E-state index contributed by atoms with van der Waals surface area (Å²) in [5.41, 5.74) is 4.60. The Bertz CT molecular complexity index is 1430. The highest BCUT2D eigenvalue weighted by atomic mass is 16.5. The number of rotatable bonds is 9. The predicted octanol–water partition coefficient (Wildman–Crippen LogP) is 5.57. The quantitative estimate of drug-likeness (QED) is 0.184. The van der Waals surface area contributed by atoms with Gasteiger partial charge in [-0.15, -0.1) is 0 Å². The molecule has 5 rings (SSSR count). The van der Waals surface area contributed by atoms with Crippen LogP contribution < -0.4 is 5.32 Å². The number of carbonyl (C=O) groups excluding carboxylic acids is 3. The van der Waals surface area contributed by atoms with E-state index in [9.17, 15) is 14.4 Å². The molecule has 1 aliphatic rings. The predicted molar refractivity (Wildman–Crippen MR) is 147 cm³/mol. The first-order valence-electron chi connectivity index (χ1n) is 12.7.